The first-order valence-electron chi connectivity index (χ1n) is 8.92. The van der Waals surface area contributed by atoms with Crippen LogP contribution in [0, 0.1) is 11.8 Å². The number of aromatic nitrogens is 2. The molecule has 2 rings (SSSR count). The zero-order valence-electron chi connectivity index (χ0n) is 14.3. The van der Waals surface area contributed by atoms with Gasteiger partial charge in [0.25, 0.3) is 0 Å². The monoisotopic (exact) mass is 291 g/mol. The van der Waals surface area contributed by atoms with E-state index in [4.69, 9.17) is 5.10 Å². The number of hydrogen-bond donors (Lipinski definition) is 1. The van der Waals surface area contributed by atoms with Gasteiger partial charge < -0.3 is 5.32 Å². The lowest BCUT2D eigenvalue weighted by Gasteiger charge is -2.22. The van der Waals surface area contributed by atoms with Crippen LogP contribution in [0.15, 0.2) is 12.3 Å². The smallest absolute Gasteiger partial charge is 0.0640 e. The Labute approximate surface area is 130 Å². The number of nitrogens with one attached hydrogen (secondary N) is 1. The van der Waals surface area contributed by atoms with Crippen LogP contribution in [-0.4, -0.2) is 22.9 Å². The fourth-order valence-electron chi connectivity index (χ4n) is 3.93. The highest BCUT2D eigenvalue weighted by molar-refractivity contribution is 5.03. The van der Waals surface area contributed by atoms with Crippen molar-refractivity contribution in [3.05, 3.63) is 18.0 Å². The molecule has 0 aromatic carbocycles. The SMILES string of the molecule is CCC1CCC(C(Cc2ccn(C(CC)CC)n2)NC)C1. The van der Waals surface area contributed by atoms with E-state index < -0.39 is 0 Å². The minimum absolute atomic E-state index is 0.558. The van der Waals surface area contributed by atoms with Crippen LogP contribution in [0.3, 0.4) is 0 Å². The molecule has 1 N–H and O–H groups in total. The Morgan fingerprint density at radius 3 is 2.62 bits per heavy atom. The molecule has 120 valence electrons. The zero-order valence-corrected chi connectivity index (χ0v) is 14.3. The quantitative estimate of drug-likeness (QED) is 0.778. The summed E-state index contributed by atoms with van der Waals surface area (Å²) in [6.07, 6.45) is 11.1. The second-order valence-electron chi connectivity index (χ2n) is 6.70. The molecular formula is C18H33N3. The van der Waals surface area contributed by atoms with E-state index in [-0.39, 0.29) is 0 Å². The Morgan fingerprint density at radius 2 is 2.05 bits per heavy atom. The van der Waals surface area contributed by atoms with Gasteiger partial charge in [-0.1, -0.05) is 33.6 Å². The normalized spacial score (nSPS) is 23.9. The van der Waals surface area contributed by atoms with Gasteiger partial charge in [-0.05, 0) is 50.6 Å². The maximum absolute atomic E-state index is 4.83. The van der Waals surface area contributed by atoms with Gasteiger partial charge in [-0.2, -0.15) is 5.10 Å². The third-order valence-corrected chi connectivity index (χ3v) is 5.51. The Hall–Kier alpha value is -0.830. The second-order valence-corrected chi connectivity index (χ2v) is 6.70. The largest absolute Gasteiger partial charge is 0.316 e. The molecule has 3 atom stereocenters. The molecule has 0 bridgehead atoms. The lowest BCUT2D eigenvalue weighted by molar-refractivity contribution is 0.356. The Balaban J connectivity index is 1.96. The summed E-state index contributed by atoms with van der Waals surface area (Å²) in [5.74, 6) is 1.78. The van der Waals surface area contributed by atoms with E-state index in [9.17, 15) is 0 Å². The van der Waals surface area contributed by atoms with E-state index in [0.717, 1.165) is 31.1 Å². The van der Waals surface area contributed by atoms with Crippen molar-refractivity contribution in [3.8, 4) is 0 Å². The van der Waals surface area contributed by atoms with Crippen molar-refractivity contribution in [2.45, 2.75) is 77.8 Å². The number of likely N-dealkylation sites (N-methyl/N-ethyl adjacent to an activating group) is 1. The maximum Gasteiger partial charge on any atom is 0.0640 e. The van der Waals surface area contributed by atoms with E-state index in [1.807, 2.05) is 0 Å². The van der Waals surface area contributed by atoms with Crippen LogP contribution in [0.4, 0.5) is 0 Å². The van der Waals surface area contributed by atoms with Crippen LogP contribution in [0.25, 0.3) is 0 Å². The molecule has 3 heteroatoms. The highest BCUT2D eigenvalue weighted by atomic mass is 15.3. The minimum Gasteiger partial charge on any atom is -0.316 e. The predicted octanol–water partition coefficient (Wildman–Crippen LogP) is 4.20. The summed E-state index contributed by atoms with van der Waals surface area (Å²) in [5.41, 5.74) is 1.25. The first-order valence-corrected chi connectivity index (χ1v) is 8.92. The lowest BCUT2D eigenvalue weighted by Crippen LogP contribution is -2.34. The summed E-state index contributed by atoms with van der Waals surface area (Å²) in [4.78, 5) is 0. The van der Waals surface area contributed by atoms with Crippen LogP contribution in [0.2, 0.25) is 0 Å². The zero-order chi connectivity index (χ0) is 15.2. The fraction of sp³-hybridized carbons (Fsp3) is 0.833. The molecule has 1 aromatic heterocycles. The summed E-state index contributed by atoms with van der Waals surface area (Å²) in [6.45, 7) is 6.82. The maximum atomic E-state index is 4.83. The van der Waals surface area contributed by atoms with Crippen molar-refractivity contribution >= 4 is 0 Å². The molecule has 1 fully saturated rings. The molecule has 1 heterocycles. The molecule has 0 saturated heterocycles. The molecule has 1 aromatic rings. The molecule has 21 heavy (non-hydrogen) atoms. The van der Waals surface area contributed by atoms with Crippen LogP contribution < -0.4 is 5.32 Å². The van der Waals surface area contributed by atoms with Gasteiger partial charge in [-0.3, -0.25) is 4.68 Å². The lowest BCUT2D eigenvalue weighted by atomic mass is 9.92. The molecule has 1 aliphatic carbocycles. The summed E-state index contributed by atoms with van der Waals surface area (Å²) in [6, 6.07) is 3.36. The van der Waals surface area contributed by atoms with Crippen molar-refractivity contribution in [2.75, 3.05) is 7.05 Å². The first-order chi connectivity index (χ1) is 10.2. The molecular weight excluding hydrogens is 258 g/mol. The third kappa shape index (κ3) is 4.09. The second kappa shape index (κ2) is 7.98. The fourth-order valence-corrected chi connectivity index (χ4v) is 3.93. The Bertz CT molecular complexity index is 408. The highest BCUT2D eigenvalue weighted by Crippen LogP contribution is 2.35. The van der Waals surface area contributed by atoms with E-state index in [0.29, 0.717) is 12.1 Å². The molecule has 1 aliphatic rings. The number of rotatable bonds is 8. The van der Waals surface area contributed by atoms with Crippen molar-refractivity contribution in [1.82, 2.24) is 15.1 Å². The summed E-state index contributed by atoms with van der Waals surface area (Å²) >= 11 is 0. The topological polar surface area (TPSA) is 29.9 Å². The first kappa shape index (κ1) is 16.5. The van der Waals surface area contributed by atoms with Crippen LogP contribution in [0.1, 0.15) is 71.0 Å². The third-order valence-electron chi connectivity index (χ3n) is 5.51. The summed E-state index contributed by atoms with van der Waals surface area (Å²) < 4.78 is 2.17. The number of hydrogen-bond acceptors (Lipinski definition) is 2. The molecule has 1 saturated carbocycles. The van der Waals surface area contributed by atoms with Crippen molar-refractivity contribution in [3.63, 3.8) is 0 Å². The van der Waals surface area contributed by atoms with Crippen LogP contribution in [0.5, 0.6) is 0 Å². The highest BCUT2D eigenvalue weighted by Gasteiger charge is 2.29. The molecule has 0 aliphatic heterocycles. The van der Waals surface area contributed by atoms with Gasteiger partial charge in [-0.25, -0.2) is 0 Å². The van der Waals surface area contributed by atoms with Gasteiger partial charge in [-0.15, -0.1) is 0 Å². The summed E-state index contributed by atoms with van der Waals surface area (Å²) in [7, 11) is 2.11. The van der Waals surface area contributed by atoms with Gasteiger partial charge >= 0.3 is 0 Å². The van der Waals surface area contributed by atoms with Gasteiger partial charge in [0.15, 0.2) is 0 Å². The Morgan fingerprint density at radius 1 is 1.29 bits per heavy atom. The van der Waals surface area contributed by atoms with Crippen LogP contribution in [-0.2, 0) is 6.42 Å². The predicted molar refractivity (Wildman–Crippen MR) is 89.5 cm³/mol. The van der Waals surface area contributed by atoms with E-state index >= 15 is 0 Å². The summed E-state index contributed by atoms with van der Waals surface area (Å²) in [5, 5.41) is 8.38. The van der Waals surface area contributed by atoms with Crippen molar-refractivity contribution < 1.29 is 0 Å². The number of nitrogens with zero attached hydrogens (tertiary/aromatic N) is 2. The van der Waals surface area contributed by atoms with Gasteiger partial charge in [0, 0.05) is 18.7 Å². The van der Waals surface area contributed by atoms with Crippen LogP contribution >= 0.6 is 0 Å². The van der Waals surface area contributed by atoms with E-state index in [1.165, 1.54) is 31.4 Å². The molecule has 0 amide bonds. The van der Waals surface area contributed by atoms with Gasteiger partial charge in [0.1, 0.15) is 0 Å². The Kier molecular flexibility index (Phi) is 6.28. The average Bonchev–Trinajstić information content (AvgIpc) is 3.15. The molecule has 3 nitrogen and oxygen atoms in total. The van der Waals surface area contributed by atoms with E-state index in [1.54, 1.807) is 0 Å². The standard InChI is InChI=1S/C18H33N3/c1-5-14-8-9-15(12-14)18(19-4)13-16-10-11-21(20-16)17(6-2)7-3/h10-11,14-15,17-19H,5-9,12-13H2,1-4H3. The van der Waals surface area contributed by atoms with Crippen molar-refractivity contribution in [1.29, 1.82) is 0 Å². The van der Waals surface area contributed by atoms with Gasteiger partial charge in [0.05, 0.1) is 11.7 Å². The minimum atomic E-state index is 0.558. The average molecular weight is 291 g/mol. The van der Waals surface area contributed by atoms with Gasteiger partial charge in [0.2, 0.25) is 0 Å². The molecule has 0 radical (unpaired) electrons. The molecule has 0 spiro atoms. The van der Waals surface area contributed by atoms with E-state index in [2.05, 4.69) is 50.1 Å². The molecule has 3 unspecified atom stereocenters. The van der Waals surface area contributed by atoms with Crippen molar-refractivity contribution in [2.24, 2.45) is 11.8 Å².